The van der Waals surface area contributed by atoms with Crippen LogP contribution in [-0.4, -0.2) is 82.8 Å². The highest BCUT2D eigenvalue weighted by molar-refractivity contribution is 7.70. The monoisotopic (exact) mass is 562 g/mol. The van der Waals surface area contributed by atoms with Crippen molar-refractivity contribution in [1.29, 1.82) is 0 Å². The van der Waals surface area contributed by atoms with E-state index in [1.807, 2.05) is 0 Å². The van der Waals surface area contributed by atoms with Gasteiger partial charge in [0.15, 0.2) is 0 Å². The van der Waals surface area contributed by atoms with E-state index in [4.69, 9.17) is 0 Å². The van der Waals surface area contributed by atoms with Crippen molar-refractivity contribution < 1.29 is 22.5 Å². The number of carbonyl (C=O) groups is 1. The average molecular weight is 563 g/mol. The van der Waals surface area contributed by atoms with E-state index in [0.29, 0.717) is 34.4 Å². The molecular formula is C27H34F3N6O2P. The highest BCUT2D eigenvalue weighted by Gasteiger charge is 2.37. The van der Waals surface area contributed by atoms with Crippen LogP contribution >= 0.6 is 7.14 Å². The fourth-order valence-corrected chi connectivity index (χ4v) is 7.21. The van der Waals surface area contributed by atoms with Gasteiger partial charge in [-0.3, -0.25) is 9.69 Å². The van der Waals surface area contributed by atoms with Gasteiger partial charge in [-0.2, -0.15) is 13.2 Å². The Labute approximate surface area is 225 Å². The van der Waals surface area contributed by atoms with Gasteiger partial charge in [-0.15, -0.1) is 0 Å². The fourth-order valence-electron chi connectivity index (χ4n) is 5.74. The second-order valence-corrected chi connectivity index (χ2v) is 14.2. The molecular weight excluding hydrogens is 528 g/mol. The molecule has 210 valence electrons. The quantitative estimate of drug-likeness (QED) is 0.405. The van der Waals surface area contributed by atoms with Crippen LogP contribution in [0.3, 0.4) is 0 Å². The lowest BCUT2D eigenvalue weighted by Crippen LogP contribution is -2.47. The van der Waals surface area contributed by atoms with E-state index in [2.05, 4.69) is 32.1 Å². The van der Waals surface area contributed by atoms with E-state index in [-0.39, 0.29) is 29.2 Å². The molecule has 0 radical (unpaired) electrons. The number of hydrogen-bond donors (Lipinski definition) is 2. The predicted molar refractivity (Wildman–Crippen MR) is 147 cm³/mol. The zero-order valence-corrected chi connectivity index (χ0v) is 23.5. The first-order valence-corrected chi connectivity index (χ1v) is 15.8. The maximum Gasteiger partial charge on any atom is 0.419 e. The number of H-pyrrole nitrogens is 1. The van der Waals surface area contributed by atoms with Gasteiger partial charge in [0, 0.05) is 60.9 Å². The van der Waals surface area contributed by atoms with Crippen LogP contribution in [-0.2, 0) is 10.7 Å². The number of amides is 1. The van der Waals surface area contributed by atoms with Crippen molar-refractivity contribution in [3.63, 3.8) is 0 Å². The molecule has 0 aliphatic carbocycles. The zero-order chi connectivity index (χ0) is 28.1. The van der Waals surface area contributed by atoms with Crippen molar-refractivity contribution in [2.24, 2.45) is 0 Å². The van der Waals surface area contributed by atoms with Crippen molar-refractivity contribution in [2.45, 2.75) is 50.9 Å². The average Bonchev–Trinajstić information content (AvgIpc) is 3.29. The Morgan fingerprint density at radius 1 is 1.10 bits per heavy atom. The summed E-state index contributed by atoms with van der Waals surface area (Å²) in [6.45, 7) is 7.43. The lowest BCUT2D eigenvalue weighted by molar-refractivity contribution is -0.137. The Kier molecular flexibility index (Phi) is 7.26. The van der Waals surface area contributed by atoms with Gasteiger partial charge in [-0.05, 0) is 58.5 Å². The standard InChI is InChI=1S/C27H34F3N6O2P/c1-16-7-8-17-15-36(16)12-6-5-11-35(2)25(37)19-10-9-18-20(13-31-23(18)24(19)39(3,4)38)22-21(27(28,29)30)14-32-26(33-17)34-22/h9-10,13-14,16-17,31H,5-8,11-12,15H2,1-4H3,(H,32,33,34)/t16-,17-/m1/s1. The van der Waals surface area contributed by atoms with Crippen LogP contribution in [0.5, 0.6) is 0 Å². The molecule has 5 heterocycles. The van der Waals surface area contributed by atoms with Crippen LogP contribution in [0.25, 0.3) is 22.2 Å². The molecule has 3 aliphatic rings. The number of fused-ring (bicyclic) bond motifs is 6. The maximum absolute atomic E-state index is 14.1. The van der Waals surface area contributed by atoms with E-state index < -0.39 is 18.9 Å². The maximum atomic E-state index is 14.1. The third-order valence-electron chi connectivity index (χ3n) is 7.83. The summed E-state index contributed by atoms with van der Waals surface area (Å²) < 4.78 is 55.9. The molecule has 1 fully saturated rings. The van der Waals surface area contributed by atoms with Crippen LogP contribution < -0.4 is 10.6 Å². The molecule has 2 aromatic heterocycles. The number of alkyl halides is 3. The fraction of sp³-hybridized carbons (Fsp3) is 0.519. The summed E-state index contributed by atoms with van der Waals surface area (Å²) in [6.07, 6.45) is 1.10. The van der Waals surface area contributed by atoms with E-state index in [1.54, 1.807) is 37.4 Å². The molecule has 3 aliphatic heterocycles. The van der Waals surface area contributed by atoms with E-state index >= 15 is 0 Å². The number of nitrogens with one attached hydrogen (secondary N) is 2. The number of piperidine rings is 1. The highest BCUT2D eigenvalue weighted by Crippen LogP contribution is 2.43. The Hall–Kier alpha value is -2.91. The van der Waals surface area contributed by atoms with Gasteiger partial charge in [-0.1, -0.05) is 6.07 Å². The molecule has 8 bridgehead atoms. The zero-order valence-electron chi connectivity index (χ0n) is 22.6. The second kappa shape index (κ2) is 10.2. The lowest BCUT2D eigenvalue weighted by Gasteiger charge is -2.38. The normalized spacial score (nSPS) is 23.1. The third kappa shape index (κ3) is 5.43. The van der Waals surface area contributed by atoms with Crippen LogP contribution in [0.2, 0.25) is 0 Å². The van der Waals surface area contributed by atoms with Crippen molar-refractivity contribution in [3.05, 3.63) is 35.7 Å². The van der Waals surface area contributed by atoms with Gasteiger partial charge < -0.3 is 19.8 Å². The summed E-state index contributed by atoms with van der Waals surface area (Å²) >= 11 is 0. The molecule has 8 nitrogen and oxygen atoms in total. The summed E-state index contributed by atoms with van der Waals surface area (Å²) in [5.74, 6) is -0.123. The number of aromatic nitrogens is 3. The number of nitrogens with zero attached hydrogens (tertiary/aromatic N) is 4. The number of aromatic amines is 1. The minimum absolute atomic E-state index is 0.00267. The minimum Gasteiger partial charge on any atom is -0.360 e. The number of hydrogen-bond acceptors (Lipinski definition) is 6. The Morgan fingerprint density at radius 2 is 1.85 bits per heavy atom. The summed E-state index contributed by atoms with van der Waals surface area (Å²) in [5.41, 5.74) is -0.333. The molecule has 1 saturated heterocycles. The number of benzene rings is 1. The number of halogens is 3. The van der Waals surface area contributed by atoms with Gasteiger partial charge in [0.1, 0.15) is 12.7 Å². The van der Waals surface area contributed by atoms with E-state index in [0.717, 1.165) is 45.0 Å². The molecule has 3 aromatic rings. The Balaban J connectivity index is 1.71. The summed E-state index contributed by atoms with van der Waals surface area (Å²) in [7, 11) is -1.30. The first-order chi connectivity index (χ1) is 18.3. The molecule has 1 aromatic carbocycles. The van der Waals surface area contributed by atoms with Gasteiger partial charge >= 0.3 is 6.18 Å². The van der Waals surface area contributed by atoms with Gasteiger partial charge in [0.25, 0.3) is 5.91 Å². The van der Waals surface area contributed by atoms with Gasteiger partial charge in [0.2, 0.25) is 5.95 Å². The van der Waals surface area contributed by atoms with E-state index in [9.17, 15) is 22.5 Å². The Bertz CT molecular complexity index is 1450. The topological polar surface area (TPSA) is 94.2 Å². The molecule has 0 saturated carbocycles. The predicted octanol–water partition coefficient (Wildman–Crippen LogP) is 5.02. The highest BCUT2D eigenvalue weighted by atomic mass is 31.2. The molecule has 39 heavy (non-hydrogen) atoms. The molecule has 12 heteroatoms. The van der Waals surface area contributed by atoms with Crippen molar-refractivity contribution in [2.75, 3.05) is 45.3 Å². The van der Waals surface area contributed by atoms with Crippen LogP contribution in [0.15, 0.2) is 24.5 Å². The van der Waals surface area contributed by atoms with Gasteiger partial charge in [0.05, 0.1) is 16.8 Å². The summed E-state index contributed by atoms with van der Waals surface area (Å²) in [6, 6.07) is 3.56. The van der Waals surface area contributed by atoms with Crippen LogP contribution in [0.1, 0.15) is 48.5 Å². The van der Waals surface area contributed by atoms with Crippen molar-refractivity contribution >= 4 is 35.2 Å². The SMILES string of the molecule is C[C@@H]1CC[C@@H]2CN1CCCCN(C)C(=O)c1ccc3c(c[nH]c3c1P(C)(C)=O)-c1nc(ncc1C(F)(F)F)N2. The third-order valence-corrected chi connectivity index (χ3v) is 9.37. The molecule has 1 unspecified atom stereocenters. The van der Waals surface area contributed by atoms with Crippen molar-refractivity contribution in [1.82, 2.24) is 24.8 Å². The smallest absolute Gasteiger partial charge is 0.360 e. The second-order valence-electron chi connectivity index (χ2n) is 11.1. The molecule has 1 amide bonds. The van der Waals surface area contributed by atoms with Crippen molar-refractivity contribution in [3.8, 4) is 11.3 Å². The number of anilines is 1. The summed E-state index contributed by atoms with van der Waals surface area (Å²) in [5, 5.41) is 4.03. The largest absolute Gasteiger partial charge is 0.419 e. The molecule has 3 atom stereocenters. The van der Waals surface area contributed by atoms with E-state index in [1.165, 1.54) is 6.20 Å². The van der Waals surface area contributed by atoms with Crippen LogP contribution in [0.4, 0.5) is 19.1 Å². The first kappa shape index (κ1) is 27.6. The summed E-state index contributed by atoms with van der Waals surface area (Å²) in [4.78, 5) is 29.0. The lowest BCUT2D eigenvalue weighted by atomic mass is 9.99. The number of rotatable bonds is 1. The number of carbonyl (C=O) groups excluding carboxylic acids is 1. The van der Waals surface area contributed by atoms with Crippen LogP contribution in [0, 0.1) is 0 Å². The minimum atomic E-state index is -4.68. The first-order valence-electron chi connectivity index (χ1n) is 13.2. The van der Waals surface area contributed by atoms with Gasteiger partial charge in [-0.25, -0.2) is 9.97 Å². The molecule has 0 spiro atoms. The molecule has 2 N–H and O–H groups in total. The molecule has 6 rings (SSSR count). The Morgan fingerprint density at radius 3 is 2.56 bits per heavy atom.